The van der Waals surface area contributed by atoms with Gasteiger partial charge in [-0.2, -0.15) is 0 Å². The number of nitrogens with zero attached hydrogens (tertiary/aromatic N) is 1. The van der Waals surface area contributed by atoms with Gasteiger partial charge in [0.25, 0.3) is 5.91 Å². The number of sulfone groups is 1. The van der Waals surface area contributed by atoms with Gasteiger partial charge >= 0.3 is 0 Å². The van der Waals surface area contributed by atoms with Gasteiger partial charge in [-0.3, -0.25) is 9.78 Å². The Hall–Kier alpha value is -2.51. The molecule has 5 nitrogen and oxygen atoms in total. The van der Waals surface area contributed by atoms with Crippen molar-refractivity contribution in [2.24, 2.45) is 0 Å². The summed E-state index contributed by atoms with van der Waals surface area (Å²) in [5.41, 5.74) is 2.08. The highest BCUT2D eigenvalue weighted by Crippen LogP contribution is 2.31. The summed E-state index contributed by atoms with van der Waals surface area (Å²) in [6, 6.07) is 13.9. The van der Waals surface area contributed by atoms with Gasteiger partial charge in [-0.1, -0.05) is 35.9 Å². The molecule has 2 heterocycles. The molecule has 0 fully saturated rings. The van der Waals surface area contributed by atoms with Gasteiger partial charge in [0.15, 0.2) is 9.84 Å². The molecule has 0 saturated carbocycles. The van der Waals surface area contributed by atoms with E-state index in [0.717, 1.165) is 5.56 Å². The van der Waals surface area contributed by atoms with Gasteiger partial charge < -0.3 is 5.32 Å². The zero-order chi connectivity index (χ0) is 18.6. The molecule has 1 atom stereocenters. The highest BCUT2D eigenvalue weighted by molar-refractivity contribution is 7.93. The molecule has 0 spiro atoms. The van der Waals surface area contributed by atoms with Gasteiger partial charge in [-0.25, -0.2) is 8.42 Å². The van der Waals surface area contributed by atoms with Crippen molar-refractivity contribution in [2.45, 2.75) is 16.4 Å². The second-order valence-electron chi connectivity index (χ2n) is 5.83. The molecule has 1 N–H and O–H groups in total. The molecule has 0 aliphatic carbocycles. The second-order valence-corrected chi connectivity index (χ2v) is 9.13. The van der Waals surface area contributed by atoms with E-state index < -0.39 is 15.1 Å². The lowest BCUT2D eigenvalue weighted by atomic mass is 10.1. The van der Waals surface area contributed by atoms with Crippen LogP contribution in [0.1, 0.15) is 26.7 Å². The first-order chi connectivity index (χ1) is 12.5. The van der Waals surface area contributed by atoms with Crippen molar-refractivity contribution < 1.29 is 13.2 Å². The molecule has 7 heteroatoms. The summed E-state index contributed by atoms with van der Waals surface area (Å²) < 4.78 is 26.4. The summed E-state index contributed by atoms with van der Waals surface area (Å²) in [6.45, 7) is 1.92. The van der Waals surface area contributed by atoms with Gasteiger partial charge in [-0.15, -0.1) is 11.3 Å². The number of aromatic nitrogens is 1. The number of nitrogens with one attached hydrogen (secondary N) is 1. The lowest BCUT2D eigenvalue weighted by Crippen LogP contribution is -2.31. The van der Waals surface area contributed by atoms with Crippen molar-refractivity contribution in [2.75, 3.05) is 6.54 Å². The molecule has 0 bridgehead atoms. The van der Waals surface area contributed by atoms with Crippen molar-refractivity contribution in [1.82, 2.24) is 10.3 Å². The Balaban J connectivity index is 1.89. The molecule has 3 rings (SSSR count). The maximum atomic E-state index is 13.1. The van der Waals surface area contributed by atoms with E-state index in [1.807, 2.05) is 19.1 Å². The van der Waals surface area contributed by atoms with E-state index in [4.69, 9.17) is 0 Å². The zero-order valence-electron chi connectivity index (χ0n) is 14.1. The van der Waals surface area contributed by atoms with Gasteiger partial charge in [0, 0.05) is 18.9 Å². The number of hydrogen-bond donors (Lipinski definition) is 1. The van der Waals surface area contributed by atoms with Gasteiger partial charge in [-0.05, 0) is 36.1 Å². The SMILES string of the molecule is Cc1ccc([C@H](CNC(=O)c2cccnc2)S(=O)(=O)c2cccs2)cc1. The molecular formula is C19H18N2O3S2. The third kappa shape index (κ3) is 4.00. The van der Waals surface area contributed by atoms with Crippen LogP contribution in [-0.4, -0.2) is 25.9 Å². The average Bonchev–Trinajstić information content (AvgIpc) is 3.19. The number of carbonyl (C=O) groups excluding carboxylic acids is 1. The minimum atomic E-state index is -3.61. The molecule has 0 aliphatic heterocycles. The van der Waals surface area contributed by atoms with Crippen molar-refractivity contribution >= 4 is 27.1 Å². The van der Waals surface area contributed by atoms with E-state index in [0.29, 0.717) is 15.3 Å². The minimum Gasteiger partial charge on any atom is -0.350 e. The topological polar surface area (TPSA) is 76.1 Å². The van der Waals surface area contributed by atoms with E-state index in [1.165, 1.54) is 17.5 Å². The van der Waals surface area contributed by atoms with Gasteiger partial charge in [0.2, 0.25) is 0 Å². The van der Waals surface area contributed by atoms with Crippen LogP contribution >= 0.6 is 11.3 Å². The molecule has 3 aromatic rings. The summed E-state index contributed by atoms with van der Waals surface area (Å²) in [5.74, 6) is -0.350. The smallest absolute Gasteiger partial charge is 0.252 e. The van der Waals surface area contributed by atoms with Crippen molar-refractivity contribution in [3.05, 3.63) is 83.0 Å². The molecule has 0 radical (unpaired) electrons. The summed E-state index contributed by atoms with van der Waals surface area (Å²) >= 11 is 1.18. The molecule has 1 amide bonds. The van der Waals surface area contributed by atoms with Gasteiger partial charge in [0.1, 0.15) is 9.46 Å². The van der Waals surface area contributed by atoms with Crippen LogP contribution in [-0.2, 0) is 9.84 Å². The van der Waals surface area contributed by atoms with Crippen LogP contribution in [0.3, 0.4) is 0 Å². The fourth-order valence-corrected chi connectivity index (χ4v) is 5.40. The van der Waals surface area contributed by atoms with Crippen LogP contribution in [0.5, 0.6) is 0 Å². The highest BCUT2D eigenvalue weighted by atomic mass is 32.2. The average molecular weight is 386 g/mol. The lowest BCUT2D eigenvalue weighted by Gasteiger charge is -2.18. The van der Waals surface area contributed by atoms with Crippen molar-refractivity contribution in [1.29, 1.82) is 0 Å². The zero-order valence-corrected chi connectivity index (χ0v) is 15.8. The van der Waals surface area contributed by atoms with Crippen LogP contribution < -0.4 is 5.32 Å². The quantitative estimate of drug-likeness (QED) is 0.704. The van der Waals surface area contributed by atoms with E-state index in [1.54, 1.807) is 48.0 Å². The first kappa shape index (κ1) is 18.3. The molecule has 2 aromatic heterocycles. The predicted molar refractivity (Wildman–Crippen MR) is 102 cm³/mol. The van der Waals surface area contributed by atoms with E-state index in [2.05, 4.69) is 10.3 Å². The first-order valence-corrected chi connectivity index (χ1v) is 10.4. The summed E-state index contributed by atoms with van der Waals surface area (Å²) in [4.78, 5) is 16.2. The van der Waals surface area contributed by atoms with E-state index in [9.17, 15) is 13.2 Å². The van der Waals surface area contributed by atoms with E-state index >= 15 is 0 Å². The standard InChI is InChI=1S/C19H18N2O3S2/c1-14-6-8-15(9-7-14)17(26(23,24)18-5-3-11-25-18)13-21-19(22)16-4-2-10-20-12-16/h2-12,17H,13H2,1H3,(H,21,22)/t17-/m0/s1. The normalized spacial score (nSPS) is 12.5. The third-order valence-corrected chi connectivity index (χ3v) is 7.50. The Morgan fingerprint density at radius 1 is 1.15 bits per heavy atom. The molecule has 0 aliphatic rings. The Labute approximate surface area is 156 Å². The second kappa shape index (κ2) is 7.80. The molecule has 0 unspecified atom stereocenters. The van der Waals surface area contributed by atoms with Crippen molar-refractivity contribution in [3.8, 4) is 0 Å². The largest absolute Gasteiger partial charge is 0.350 e. The summed E-state index contributed by atoms with van der Waals surface area (Å²) in [7, 11) is -3.61. The fourth-order valence-electron chi connectivity index (χ4n) is 2.54. The molecule has 26 heavy (non-hydrogen) atoms. The van der Waals surface area contributed by atoms with Crippen LogP contribution in [0.4, 0.5) is 0 Å². The Kier molecular flexibility index (Phi) is 5.49. The Bertz CT molecular complexity index is 967. The Morgan fingerprint density at radius 2 is 1.92 bits per heavy atom. The number of benzene rings is 1. The number of amides is 1. The monoisotopic (exact) mass is 386 g/mol. The third-order valence-electron chi connectivity index (χ3n) is 3.97. The maximum Gasteiger partial charge on any atom is 0.252 e. The molecule has 1 aromatic carbocycles. The van der Waals surface area contributed by atoms with Crippen LogP contribution in [0.2, 0.25) is 0 Å². The molecule has 0 saturated heterocycles. The molecular weight excluding hydrogens is 368 g/mol. The van der Waals surface area contributed by atoms with Crippen LogP contribution in [0.15, 0.2) is 70.5 Å². The van der Waals surface area contributed by atoms with Crippen molar-refractivity contribution in [3.63, 3.8) is 0 Å². The number of carbonyl (C=O) groups is 1. The molecule has 134 valence electrons. The van der Waals surface area contributed by atoms with E-state index in [-0.39, 0.29) is 12.5 Å². The minimum absolute atomic E-state index is 0.0168. The summed E-state index contributed by atoms with van der Waals surface area (Å²) in [6.07, 6.45) is 3.02. The number of rotatable bonds is 6. The van der Waals surface area contributed by atoms with Crippen LogP contribution in [0.25, 0.3) is 0 Å². The Morgan fingerprint density at radius 3 is 2.54 bits per heavy atom. The fraction of sp³-hybridized carbons (Fsp3) is 0.158. The van der Waals surface area contributed by atoms with Gasteiger partial charge in [0.05, 0.1) is 5.56 Å². The number of hydrogen-bond acceptors (Lipinski definition) is 5. The number of thiophene rings is 1. The predicted octanol–water partition coefficient (Wildman–Crippen LogP) is 3.40. The summed E-state index contributed by atoms with van der Waals surface area (Å²) in [5, 5.41) is 3.60. The maximum absolute atomic E-state index is 13.1. The number of aryl methyl sites for hydroxylation is 1. The number of pyridine rings is 1. The first-order valence-electron chi connectivity index (χ1n) is 8.00. The highest BCUT2D eigenvalue weighted by Gasteiger charge is 2.30. The lowest BCUT2D eigenvalue weighted by molar-refractivity contribution is 0.0953. The van der Waals surface area contributed by atoms with Crippen LogP contribution in [0, 0.1) is 6.92 Å².